The van der Waals surface area contributed by atoms with E-state index in [-0.39, 0.29) is 0 Å². The lowest BCUT2D eigenvalue weighted by Crippen LogP contribution is -2.11. The number of hydrogen-bond acceptors (Lipinski definition) is 4. The van der Waals surface area contributed by atoms with Crippen molar-refractivity contribution in [3.63, 3.8) is 0 Å². The lowest BCUT2D eigenvalue weighted by atomic mass is 10.2. The van der Waals surface area contributed by atoms with E-state index in [1.807, 2.05) is 0 Å². The Morgan fingerprint density at radius 1 is 1.38 bits per heavy atom. The number of hydrogen-bond donors (Lipinski definition) is 1. The Bertz CT molecular complexity index is 289. The number of nitrogens with zero attached hydrogens (tertiary/aromatic N) is 3. The monoisotopic (exact) mass is 227 g/mol. The highest BCUT2D eigenvalue weighted by Crippen LogP contribution is 2.15. The molecule has 92 valence electrons. The number of rotatable bonds is 8. The summed E-state index contributed by atoms with van der Waals surface area (Å²) in [5.74, 6) is 0. The molecule has 0 saturated carbocycles. The highest BCUT2D eigenvalue weighted by molar-refractivity contribution is 4.98. The van der Waals surface area contributed by atoms with E-state index >= 15 is 0 Å². The van der Waals surface area contributed by atoms with E-state index in [1.54, 1.807) is 10.9 Å². The third-order valence-electron chi connectivity index (χ3n) is 2.31. The Labute approximate surface area is 96.4 Å². The highest BCUT2D eigenvalue weighted by atomic mass is 16.5. The summed E-state index contributed by atoms with van der Waals surface area (Å²) in [6, 6.07) is 0. The van der Waals surface area contributed by atoms with Crippen LogP contribution in [-0.4, -0.2) is 33.3 Å². The van der Waals surface area contributed by atoms with Gasteiger partial charge in [-0.3, -0.25) is 0 Å². The van der Waals surface area contributed by atoms with Crippen molar-refractivity contribution in [2.45, 2.75) is 45.8 Å². The van der Waals surface area contributed by atoms with E-state index in [4.69, 9.17) is 4.74 Å². The maximum atomic E-state index is 9.94. The summed E-state index contributed by atoms with van der Waals surface area (Å²) in [5, 5.41) is 17.7. The molecule has 0 spiro atoms. The Balaban J connectivity index is 2.39. The van der Waals surface area contributed by atoms with Gasteiger partial charge in [-0.15, -0.1) is 5.10 Å². The van der Waals surface area contributed by atoms with Crippen molar-refractivity contribution in [1.29, 1.82) is 0 Å². The van der Waals surface area contributed by atoms with Crippen molar-refractivity contribution in [3.05, 3.63) is 11.9 Å². The summed E-state index contributed by atoms with van der Waals surface area (Å²) < 4.78 is 7.10. The maximum absolute atomic E-state index is 9.94. The van der Waals surface area contributed by atoms with Gasteiger partial charge in [-0.05, 0) is 12.8 Å². The van der Waals surface area contributed by atoms with E-state index < -0.39 is 6.10 Å². The molecule has 1 atom stereocenters. The van der Waals surface area contributed by atoms with Crippen LogP contribution < -0.4 is 0 Å². The predicted molar refractivity (Wildman–Crippen MR) is 61.0 cm³/mol. The standard InChI is InChI=1S/C11H21N3O2/c1-3-6-14-10(9-12-13-14)11(15)5-8-16-7-4-2/h9,11,15H,3-8H2,1-2H3. The minimum atomic E-state index is -0.529. The molecule has 0 aliphatic rings. The SMILES string of the molecule is CCCOCCC(O)c1cnnn1CCC. The van der Waals surface area contributed by atoms with E-state index in [1.165, 1.54) is 0 Å². The zero-order valence-electron chi connectivity index (χ0n) is 10.1. The van der Waals surface area contributed by atoms with Crippen LogP contribution in [0.5, 0.6) is 0 Å². The molecule has 1 N–H and O–H groups in total. The molecule has 0 radical (unpaired) electrons. The molecule has 1 heterocycles. The van der Waals surface area contributed by atoms with Gasteiger partial charge < -0.3 is 9.84 Å². The van der Waals surface area contributed by atoms with Gasteiger partial charge in [0.2, 0.25) is 0 Å². The van der Waals surface area contributed by atoms with Crippen molar-refractivity contribution in [2.75, 3.05) is 13.2 Å². The Hall–Kier alpha value is -0.940. The molecule has 0 amide bonds. The topological polar surface area (TPSA) is 60.2 Å². The van der Waals surface area contributed by atoms with E-state index in [9.17, 15) is 5.11 Å². The van der Waals surface area contributed by atoms with Crippen molar-refractivity contribution in [1.82, 2.24) is 15.0 Å². The summed E-state index contributed by atoms with van der Waals surface area (Å²) in [6.45, 7) is 6.26. The quantitative estimate of drug-likeness (QED) is 0.684. The van der Waals surface area contributed by atoms with Crippen molar-refractivity contribution < 1.29 is 9.84 Å². The lowest BCUT2D eigenvalue weighted by molar-refractivity contribution is 0.0781. The van der Waals surface area contributed by atoms with Gasteiger partial charge >= 0.3 is 0 Å². The Morgan fingerprint density at radius 3 is 2.88 bits per heavy atom. The molecule has 5 nitrogen and oxygen atoms in total. The van der Waals surface area contributed by atoms with Gasteiger partial charge in [0.15, 0.2) is 0 Å². The van der Waals surface area contributed by atoms with Crippen LogP contribution in [0.25, 0.3) is 0 Å². The second-order valence-electron chi connectivity index (χ2n) is 3.80. The van der Waals surface area contributed by atoms with Crippen LogP contribution in [0.4, 0.5) is 0 Å². The summed E-state index contributed by atoms with van der Waals surface area (Å²) in [4.78, 5) is 0. The average molecular weight is 227 g/mol. The van der Waals surface area contributed by atoms with Crippen LogP contribution in [0.1, 0.15) is 44.9 Å². The molecule has 1 aromatic rings. The fourth-order valence-electron chi connectivity index (χ4n) is 1.50. The largest absolute Gasteiger partial charge is 0.387 e. The minimum absolute atomic E-state index is 0.529. The zero-order valence-corrected chi connectivity index (χ0v) is 10.1. The van der Waals surface area contributed by atoms with Crippen LogP contribution in [0.15, 0.2) is 6.20 Å². The molecule has 1 rings (SSSR count). The van der Waals surface area contributed by atoms with Crippen molar-refractivity contribution in [2.24, 2.45) is 0 Å². The molecule has 0 aliphatic heterocycles. The third kappa shape index (κ3) is 3.90. The Morgan fingerprint density at radius 2 is 2.19 bits per heavy atom. The first kappa shape index (κ1) is 13.1. The minimum Gasteiger partial charge on any atom is -0.387 e. The highest BCUT2D eigenvalue weighted by Gasteiger charge is 2.13. The number of aliphatic hydroxyl groups is 1. The molecule has 5 heteroatoms. The molecule has 0 fully saturated rings. The molecule has 1 aromatic heterocycles. The van der Waals surface area contributed by atoms with Crippen molar-refractivity contribution in [3.8, 4) is 0 Å². The molecule has 1 unspecified atom stereocenters. The predicted octanol–water partition coefficient (Wildman–Crippen LogP) is 1.54. The first-order chi connectivity index (χ1) is 7.79. The van der Waals surface area contributed by atoms with Gasteiger partial charge in [-0.1, -0.05) is 19.1 Å². The van der Waals surface area contributed by atoms with Gasteiger partial charge in [0.1, 0.15) is 0 Å². The molecule has 0 bridgehead atoms. The van der Waals surface area contributed by atoms with E-state index in [0.717, 1.165) is 31.7 Å². The van der Waals surface area contributed by atoms with Gasteiger partial charge in [-0.2, -0.15) is 0 Å². The number of aryl methyl sites for hydroxylation is 1. The molecular formula is C11H21N3O2. The van der Waals surface area contributed by atoms with E-state index in [0.29, 0.717) is 13.0 Å². The van der Waals surface area contributed by atoms with Gasteiger partial charge in [0.05, 0.1) is 18.0 Å². The lowest BCUT2D eigenvalue weighted by Gasteiger charge is -2.11. The van der Waals surface area contributed by atoms with Gasteiger partial charge in [0.25, 0.3) is 0 Å². The summed E-state index contributed by atoms with van der Waals surface area (Å²) >= 11 is 0. The molecule has 0 aromatic carbocycles. The van der Waals surface area contributed by atoms with Gasteiger partial charge in [-0.25, -0.2) is 4.68 Å². The zero-order chi connectivity index (χ0) is 11.8. The van der Waals surface area contributed by atoms with Crippen LogP contribution >= 0.6 is 0 Å². The fourth-order valence-corrected chi connectivity index (χ4v) is 1.50. The molecule has 0 aliphatic carbocycles. The van der Waals surface area contributed by atoms with Crippen LogP contribution in [0, 0.1) is 0 Å². The molecule has 16 heavy (non-hydrogen) atoms. The smallest absolute Gasteiger partial charge is 0.0995 e. The van der Waals surface area contributed by atoms with Crippen LogP contribution in [0.3, 0.4) is 0 Å². The first-order valence-electron chi connectivity index (χ1n) is 5.93. The van der Waals surface area contributed by atoms with Crippen LogP contribution in [0.2, 0.25) is 0 Å². The average Bonchev–Trinajstić information content (AvgIpc) is 2.73. The summed E-state index contributed by atoms with van der Waals surface area (Å²) in [6.07, 6.45) is 3.68. The number of ether oxygens (including phenoxy) is 1. The maximum Gasteiger partial charge on any atom is 0.0995 e. The summed E-state index contributed by atoms with van der Waals surface area (Å²) in [7, 11) is 0. The third-order valence-corrected chi connectivity index (χ3v) is 2.31. The second kappa shape index (κ2) is 7.35. The fraction of sp³-hybridized carbons (Fsp3) is 0.818. The Kier molecular flexibility index (Phi) is 6.03. The van der Waals surface area contributed by atoms with Gasteiger partial charge in [0, 0.05) is 26.2 Å². The van der Waals surface area contributed by atoms with Crippen LogP contribution in [-0.2, 0) is 11.3 Å². The van der Waals surface area contributed by atoms with E-state index in [2.05, 4.69) is 24.2 Å². The summed E-state index contributed by atoms with van der Waals surface area (Å²) in [5.41, 5.74) is 0.780. The number of aliphatic hydroxyl groups excluding tert-OH is 1. The number of aromatic nitrogens is 3. The van der Waals surface area contributed by atoms with Crippen molar-refractivity contribution >= 4 is 0 Å². The molecular weight excluding hydrogens is 206 g/mol. The normalized spacial score (nSPS) is 12.9. The molecule has 0 saturated heterocycles. The second-order valence-corrected chi connectivity index (χ2v) is 3.80. The first-order valence-corrected chi connectivity index (χ1v) is 5.93.